The first-order chi connectivity index (χ1) is 10.1. The Bertz CT molecular complexity index is 707. The summed E-state index contributed by atoms with van der Waals surface area (Å²) in [5, 5.41) is 19.7. The molecular weight excluding hydrogens is 323 g/mol. The van der Waals surface area contributed by atoms with Gasteiger partial charge in [-0.25, -0.2) is 9.36 Å². The molecule has 22 heavy (non-hydrogen) atoms. The number of aliphatic hydroxyl groups is 2. The van der Waals surface area contributed by atoms with Crippen LogP contribution in [-0.4, -0.2) is 54.5 Å². The molecule has 0 bridgehead atoms. The largest absolute Gasteiger partial charge is 0.469 e. The molecule has 2 heterocycles. The molecule has 0 saturated carbocycles. The molecule has 11 nitrogen and oxygen atoms in total. The molecular formula is C10H15N2O9P. The first kappa shape index (κ1) is 17.0. The lowest BCUT2D eigenvalue weighted by Crippen LogP contribution is -2.35. The van der Waals surface area contributed by atoms with Crippen molar-refractivity contribution in [3.05, 3.63) is 32.6 Å². The lowest BCUT2D eigenvalue weighted by Gasteiger charge is -2.14. The van der Waals surface area contributed by atoms with Crippen molar-refractivity contribution in [3.63, 3.8) is 0 Å². The van der Waals surface area contributed by atoms with E-state index in [1.165, 1.54) is 7.05 Å². The number of hydrogen-bond donors (Lipinski definition) is 5. The first-order valence-electron chi connectivity index (χ1n) is 6.11. The summed E-state index contributed by atoms with van der Waals surface area (Å²) in [5.41, 5.74) is -1.56. The third kappa shape index (κ3) is 3.52. The second-order valence-electron chi connectivity index (χ2n) is 4.82. The number of ether oxygens (including phenoxy) is 1. The molecule has 0 spiro atoms. The third-order valence-corrected chi connectivity index (χ3v) is 3.70. The van der Waals surface area contributed by atoms with Gasteiger partial charge in [-0.2, -0.15) is 0 Å². The second-order valence-corrected chi connectivity index (χ2v) is 6.06. The Hall–Kier alpha value is -1.33. The van der Waals surface area contributed by atoms with Crippen molar-refractivity contribution in [3.8, 4) is 0 Å². The molecule has 1 aromatic rings. The summed E-state index contributed by atoms with van der Waals surface area (Å²) in [5.74, 6) is 0. The maximum atomic E-state index is 11.8. The molecule has 1 fully saturated rings. The van der Waals surface area contributed by atoms with Gasteiger partial charge in [0, 0.05) is 13.2 Å². The minimum atomic E-state index is -4.77. The topological polar surface area (TPSA) is 171 Å². The predicted molar refractivity (Wildman–Crippen MR) is 69.9 cm³/mol. The van der Waals surface area contributed by atoms with Gasteiger partial charge >= 0.3 is 13.5 Å². The molecule has 5 N–H and O–H groups in total. The zero-order valence-electron chi connectivity index (χ0n) is 11.3. The van der Waals surface area contributed by atoms with Crippen LogP contribution in [0.4, 0.5) is 0 Å². The number of phosphoric ester groups is 1. The van der Waals surface area contributed by atoms with Gasteiger partial charge in [-0.05, 0) is 0 Å². The Kier molecular flexibility index (Phi) is 4.68. The maximum Gasteiger partial charge on any atom is 0.469 e. The fourth-order valence-corrected chi connectivity index (χ4v) is 2.44. The smallest absolute Gasteiger partial charge is 0.387 e. The summed E-state index contributed by atoms with van der Waals surface area (Å²) in [6.45, 7) is -0.678. The van der Waals surface area contributed by atoms with E-state index in [1.807, 2.05) is 4.98 Å². The van der Waals surface area contributed by atoms with Crippen LogP contribution in [0.2, 0.25) is 0 Å². The van der Waals surface area contributed by atoms with Gasteiger partial charge in [-0.3, -0.25) is 14.3 Å². The number of phosphoric acid groups is 1. The molecule has 0 amide bonds. The monoisotopic (exact) mass is 338 g/mol. The van der Waals surface area contributed by atoms with Gasteiger partial charge in [0.15, 0.2) is 0 Å². The highest BCUT2D eigenvalue weighted by Crippen LogP contribution is 2.38. The molecule has 1 aliphatic heterocycles. The van der Waals surface area contributed by atoms with E-state index < -0.39 is 50.1 Å². The highest BCUT2D eigenvalue weighted by molar-refractivity contribution is 7.46. The van der Waals surface area contributed by atoms with E-state index in [9.17, 15) is 24.4 Å². The summed E-state index contributed by atoms with van der Waals surface area (Å²) in [6, 6.07) is 0. The minimum Gasteiger partial charge on any atom is -0.387 e. The normalized spacial score (nSPS) is 29.0. The zero-order valence-corrected chi connectivity index (χ0v) is 12.2. The molecule has 124 valence electrons. The molecule has 0 aliphatic carbocycles. The Morgan fingerprint density at radius 2 is 2.00 bits per heavy atom. The molecule has 0 aromatic carbocycles. The van der Waals surface area contributed by atoms with Gasteiger partial charge in [-0.1, -0.05) is 0 Å². The number of nitrogens with zero attached hydrogens (tertiary/aromatic N) is 1. The van der Waals surface area contributed by atoms with Crippen LogP contribution in [0.5, 0.6) is 0 Å². The third-order valence-electron chi connectivity index (χ3n) is 3.21. The number of H-pyrrole nitrogens is 1. The first-order valence-corrected chi connectivity index (χ1v) is 7.64. The number of aromatic amines is 1. The molecule has 1 aliphatic rings. The fraction of sp³-hybridized carbons (Fsp3) is 0.600. The van der Waals surface area contributed by atoms with Crippen LogP contribution >= 0.6 is 7.82 Å². The molecule has 12 heteroatoms. The Labute approximate surface area is 123 Å². The van der Waals surface area contributed by atoms with E-state index in [0.717, 1.165) is 10.8 Å². The lowest BCUT2D eigenvalue weighted by atomic mass is 10.0. The van der Waals surface area contributed by atoms with Crippen molar-refractivity contribution in [2.24, 2.45) is 7.05 Å². The van der Waals surface area contributed by atoms with Crippen molar-refractivity contribution in [2.45, 2.75) is 24.4 Å². The van der Waals surface area contributed by atoms with Gasteiger partial charge in [0.05, 0.1) is 12.2 Å². The van der Waals surface area contributed by atoms with Crippen molar-refractivity contribution in [1.29, 1.82) is 0 Å². The van der Waals surface area contributed by atoms with Gasteiger partial charge < -0.3 is 29.3 Å². The van der Waals surface area contributed by atoms with Crippen molar-refractivity contribution in [2.75, 3.05) is 6.61 Å². The number of aryl methyl sites for hydroxylation is 1. The van der Waals surface area contributed by atoms with E-state index in [-0.39, 0.29) is 5.56 Å². The summed E-state index contributed by atoms with van der Waals surface area (Å²) < 4.78 is 21.2. The summed E-state index contributed by atoms with van der Waals surface area (Å²) in [7, 11) is -3.40. The number of aliphatic hydroxyl groups excluding tert-OH is 2. The van der Waals surface area contributed by atoms with Crippen LogP contribution < -0.4 is 11.2 Å². The zero-order chi connectivity index (χ0) is 16.7. The summed E-state index contributed by atoms with van der Waals surface area (Å²) >= 11 is 0. The van der Waals surface area contributed by atoms with Crippen LogP contribution in [0.15, 0.2) is 15.8 Å². The number of hydrogen-bond acceptors (Lipinski definition) is 7. The van der Waals surface area contributed by atoms with Crippen molar-refractivity contribution in [1.82, 2.24) is 9.55 Å². The fourth-order valence-electron chi connectivity index (χ4n) is 2.10. The van der Waals surface area contributed by atoms with Crippen LogP contribution in [-0.2, 0) is 20.9 Å². The van der Waals surface area contributed by atoms with E-state index >= 15 is 0 Å². The maximum absolute atomic E-state index is 11.8. The van der Waals surface area contributed by atoms with Crippen LogP contribution in [0.1, 0.15) is 11.7 Å². The average molecular weight is 338 g/mol. The van der Waals surface area contributed by atoms with E-state index in [4.69, 9.17) is 14.5 Å². The highest BCUT2D eigenvalue weighted by atomic mass is 31.2. The lowest BCUT2D eigenvalue weighted by molar-refractivity contribution is -0.0229. The van der Waals surface area contributed by atoms with Crippen LogP contribution in [0, 0.1) is 0 Å². The second kappa shape index (κ2) is 6.05. The molecule has 1 aromatic heterocycles. The average Bonchev–Trinajstić information content (AvgIpc) is 2.68. The predicted octanol–water partition coefficient (Wildman–Crippen LogP) is -2.66. The summed E-state index contributed by atoms with van der Waals surface area (Å²) in [4.78, 5) is 42.3. The van der Waals surface area contributed by atoms with Gasteiger partial charge in [0.2, 0.25) is 0 Å². The SMILES string of the molecule is Cn1cc(C2O[C@H](COP(=O)(O)O)[C@@H](O)C2O)c(=O)[nH]c1=O. The van der Waals surface area contributed by atoms with Crippen LogP contribution in [0.25, 0.3) is 0 Å². The van der Waals surface area contributed by atoms with Gasteiger partial charge in [0.1, 0.15) is 24.4 Å². The van der Waals surface area contributed by atoms with E-state index in [1.54, 1.807) is 0 Å². The Balaban J connectivity index is 2.23. The van der Waals surface area contributed by atoms with Gasteiger partial charge in [0.25, 0.3) is 5.56 Å². The van der Waals surface area contributed by atoms with E-state index in [0.29, 0.717) is 0 Å². The highest BCUT2D eigenvalue weighted by Gasteiger charge is 2.45. The molecule has 1 saturated heterocycles. The minimum absolute atomic E-state index is 0.104. The quantitative estimate of drug-likeness (QED) is 0.367. The molecule has 2 unspecified atom stereocenters. The molecule has 4 atom stereocenters. The summed E-state index contributed by atoms with van der Waals surface area (Å²) in [6.07, 6.45) is -4.41. The van der Waals surface area contributed by atoms with Crippen LogP contribution in [0.3, 0.4) is 0 Å². The van der Waals surface area contributed by atoms with E-state index in [2.05, 4.69) is 4.52 Å². The van der Waals surface area contributed by atoms with Gasteiger partial charge in [-0.15, -0.1) is 0 Å². The molecule has 0 radical (unpaired) electrons. The Morgan fingerprint density at radius 3 is 2.59 bits per heavy atom. The number of nitrogens with one attached hydrogen (secondary N) is 1. The van der Waals surface area contributed by atoms with Crippen molar-refractivity contribution >= 4 is 7.82 Å². The standard InChI is InChI=1S/C10H15N2O9P/c1-12-2-4(9(15)11-10(12)16)8-7(14)6(13)5(21-8)3-20-22(17,18)19/h2,5-8,13-14H,3H2,1H3,(H,11,15,16)(H2,17,18,19)/t5-,6-,7?,8?/m1/s1. The molecule has 2 rings (SSSR count). The van der Waals surface area contributed by atoms with Crippen molar-refractivity contribution < 1.29 is 33.8 Å². The number of aromatic nitrogens is 2. The Morgan fingerprint density at radius 1 is 1.36 bits per heavy atom. The number of rotatable bonds is 4.